The number of fused-ring (bicyclic) bond motifs is 1. The predicted molar refractivity (Wildman–Crippen MR) is 110 cm³/mol. The molecule has 0 unspecified atom stereocenters. The minimum atomic E-state index is -4.54. The molecule has 0 bridgehead atoms. The SMILES string of the molecule is Cc1ccc2c(=O)c(OCC(=O)Nc3cccc(C(F)(F)F)c3)c(-c3ccco3)oc2c1. The molecular weight excluding hydrogens is 427 g/mol. The van der Waals surface area contributed by atoms with Gasteiger partial charge in [-0.25, -0.2) is 0 Å². The quantitative estimate of drug-likeness (QED) is 0.447. The summed E-state index contributed by atoms with van der Waals surface area (Å²) in [7, 11) is 0. The first-order valence-corrected chi connectivity index (χ1v) is 9.43. The zero-order chi connectivity index (χ0) is 22.9. The van der Waals surface area contributed by atoms with E-state index in [1.165, 1.54) is 18.4 Å². The van der Waals surface area contributed by atoms with Gasteiger partial charge < -0.3 is 18.9 Å². The zero-order valence-corrected chi connectivity index (χ0v) is 16.7. The summed E-state index contributed by atoms with van der Waals surface area (Å²) in [4.78, 5) is 25.3. The summed E-state index contributed by atoms with van der Waals surface area (Å²) in [6.07, 6.45) is -3.16. The van der Waals surface area contributed by atoms with Crippen LogP contribution in [0.3, 0.4) is 0 Å². The van der Waals surface area contributed by atoms with Crippen molar-refractivity contribution in [3.8, 4) is 17.3 Å². The molecule has 2 aromatic carbocycles. The second-order valence-corrected chi connectivity index (χ2v) is 6.98. The molecule has 0 saturated carbocycles. The lowest BCUT2D eigenvalue weighted by Gasteiger charge is -2.12. The van der Waals surface area contributed by atoms with Crippen LogP contribution in [-0.4, -0.2) is 12.5 Å². The molecule has 0 atom stereocenters. The van der Waals surface area contributed by atoms with Crippen LogP contribution in [0.2, 0.25) is 0 Å². The molecule has 4 aromatic rings. The number of benzene rings is 2. The van der Waals surface area contributed by atoms with Crippen LogP contribution >= 0.6 is 0 Å². The molecule has 0 saturated heterocycles. The predicted octanol–water partition coefficient (Wildman–Crippen LogP) is 5.40. The number of anilines is 1. The van der Waals surface area contributed by atoms with Gasteiger partial charge in [-0.1, -0.05) is 12.1 Å². The minimum absolute atomic E-state index is 0.00460. The van der Waals surface area contributed by atoms with Gasteiger partial charge in [0.25, 0.3) is 5.91 Å². The van der Waals surface area contributed by atoms with E-state index in [0.717, 1.165) is 17.7 Å². The lowest BCUT2D eigenvalue weighted by atomic mass is 10.1. The molecule has 2 aromatic heterocycles. The molecule has 2 heterocycles. The third kappa shape index (κ3) is 4.36. The molecule has 1 amide bonds. The van der Waals surface area contributed by atoms with Gasteiger partial charge in [0.15, 0.2) is 12.4 Å². The van der Waals surface area contributed by atoms with Crippen molar-refractivity contribution < 1.29 is 31.5 Å². The summed E-state index contributed by atoms with van der Waals surface area (Å²) >= 11 is 0. The molecule has 0 aliphatic carbocycles. The lowest BCUT2D eigenvalue weighted by Crippen LogP contribution is -2.23. The Balaban J connectivity index is 1.61. The molecule has 0 fully saturated rings. The van der Waals surface area contributed by atoms with E-state index in [4.69, 9.17) is 13.6 Å². The third-order valence-electron chi connectivity index (χ3n) is 4.57. The molecular formula is C23H16F3NO5. The average Bonchev–Trinajstić information content (AvgIpc) is 3.27. The minimum Gasteiger partial charge on any atom is -0.476 e. The number of rotatable bonds is 5. The highest BCUT2D eigenvalue weighted by molar-refractivity contribution is 5.92. The van der Waals surface area contributed by atoms with E-state index < -0.39 is 29.7 Å². The summed E-state index contributed by atoms with van der Waals surface area (Å²) < 4.78 is 55.2. The number of hydrogen-bond acceptors (Lipinski definition) is 5. The second kappa shape index (κ2) is 8.26. The number of aryl methyl sites for hydroxylation is 1. The number of alkyl halides is 3. The number of carbonyl (C=O) groups excluding carboxylic acids is 1. The fourth-order valence-corrected chi connectivity index (χ4v) is 3.09. The fraction of sp³-hybridized carbons (Fsp3) is 0.130. The molecule has 0 spiro atoms. The topological polar surface area (TPSA) is 81.7 Å². The van der Waals surface area contributed by atoms with Gasteiger partial charge in [0, 0.05) is 5.69 Å². The van der Waals surface area contributed by atoms with Crippen LogP contribution in [-0.2, 0) is 11.0 Å². The summed E-state index contributed by atoms with van der Waals surface area (Å²) in [5.74, 6) is -0.766. The Labute approximate surface area is 179 Å². The van der Waals surface area contributed by atoms with Gasteiger partial charge >= 0.3 is 6.18 Å². The lowest BCUT2D eigenvalue weighted by molar-refractivity contribution is -0.137. The van der Waals surface area contributed by atoms with Crippen molar-refractivity contribution in [3.05, 3.63) is 82.2 Å². The van der Waals surface area contributed by atoms with Crippen LogP contribution < -0.4 is 15.5 Å². The van der Waals surface area contributed by atoms with Gasteiger partial charge in [-0.3, -0.25) is 9.59 Å². The third-order valence-corrected chi connectivity index (χ3v) is 4.57. The number of amides is 1. The molecule has 164 valence electrons. The van der Waals surface area contributed by atoms with Crippen LogP contribution in [0, 0.1) is 6.92 Å². The smallest absolute Gasteiger partial charge is 0.416 e. The maximum absolute atomic E-state index is 13.0. The molecule has 0 aliphatic heterocycles. The first-order chi connectivity index (χ1) is 15.2. The van der Waals surface area contributed by atoms with Gasteiger partial charge in [0.1, 0.15) is 5.58 Å². The van der Waals surface area contributed by atoms with Gasteiger partial charge in [-0.2, -0.15) is 13.2 Å². The van der Waals surface area contributed by atoms with Gasteiger partial charge in [-0.15, -0.1) is 0 Å². The number of hydrogen-bond donors (Lipinski definition) is 1. The van der Waals surface area contributed by atoms with Gasteiger partial charge in [0.05, 0.1) is 17.2 Å². The van der Waals surface area contributed by atoms with Crippen molar-refractivity contribution in [1.82, 2.24) is 0 Å². The Morgan fingerprint density at radius 3 is 2.62 bits per heavy atom. The van der Waals surface area contributed by atoms with Crippen molar-refractivity contribution in [2.24, 2.45) is 0 Å². The Morgan fingerprint density at radius 1 is 1.09 bits per heavy atom. The zero-order valence-electron chi connectivity index (χ0n) is 16.7. The van der Waals surface area contributed by atoms with E-state index in [-0.39, 0.29) is 28.3 Å². The molecule has 9 heteroatoms. The van der Waals surface area contributed by atoms with Crippen molar-refractivity contribution >= 4 is 22.6 Å². The number of halogens is 3. The number of furan rings is 1. The first-order valence-electron chi connectivity index (χ1n) is 9.43. The van der Waals surface area contributed by atoms with Crippen molar-refractivity contribution in [2.45, 2.75) is 13.1 Å². The van der Waals surface area contributed by atoms with Gasteiger partial charge in [-0.05, 0) is 55.0 Å². The number of nitrogens with one attached hydrogen (secondary N) is 1. The van der Waals surface area contributed by atoms with Crippen LogP contribution in [0.1, 0.15) is 11.1 Å². The van der Waals surface area contributed by atoms with Crippen molar-refractivity contribution in [3.63, 3.8) is 0 Å². The molecule has 0 aliphatic rings. The van der Waals surface area contributed by atoms with Crippen molar-refractivity contribution in [2.75, 3.05) is 11.9 Å². The summed E-state index contributed by atoms with van der Waals surface area (Å²) in [5, 5.41) is 2.57. The summed E-state index contributed by atoms with van der Waals surface area (Å²) in [6, 6.07) is 12.3. The normalized spacial score (nSPS) is 11.5. The largest absolute Gasteiger partial charge is 0.476 e. The monoisotopic (exact) mass is 443 g/mol. The molecule has 4 rings (SSSR count). The fourth-order valence-electron chi connectivity index (χ4n) is 3.09. The Morgan fingerprint density at radius 2 is 1.91 bits per heavy atom. The Bertz CT molecular complexity index is 1340. The summed E-state index contributed by atoms with van der Waals surface area (Å²) in [5.41, 5.74) is -0.269. The molecule has 6 nitrogen and oxygen atoms in total. The standard InChI is InChI=1S/C23H16F3NO5/c1-13-7-8-16-18(10-13)32-21(17-6-3-9-30-17)22(20(16)29)31-12-19(28)27-15-5-2-4-14(11-15)23(24,25)26/h2-11H,12H2,1H3,(H,27,28). The van der Waals surface area contributed by atoms with E-state index in [9.17, 15) is 22.8 Å². The Hall–Kier alpha value is -4.01. The molecule has 1 N–H and O–H groups in total. The van der Waals surface area contributed by atoms with E-state index in [1.807, 2.05) is 6.92 Å². The van der Waals surface area contributed by atoms with E-state index >= 15 is 0 Å². The average molecular weight is 443 g/mol. The first kappa shape index (κ1) is 21.2. The number of carbonyl (C=O) groups is 1. The van der Waals surface area contributed by atoms with Crippen molar-refractivity contribution in [1.29, 1.82) is 0 Å². The highest BCUT2D eigenvalue weighted by Crippen LogP contribution is 2.32. The highest BCUT2D eigenvalue weighted by atomic mass is 19.4. The van der Waals surface area contributed by atoms with Crippen LogP contribution in [0.25, 0.3) is 22.5 Å². The highest BCUT2D eigenvalue weighted by Gasteiger charge is 2.30. The van der Waals surface area contributed by atoms with Crippen LogP contribution in [0.15, 0.2) is 74.5 Å². The molecule has 32 heavy (non-hydrogen) atoms. The van der Waals surface area contributed by atoms with Gasteiger partial charge in [0.2, 0.25) is 16.9 Å². The van der Waals surface area contributed by atoms with Crippen LogP contribution in [0.4, 0.5) is 18.9 Å². The van der Waals surface area contributed by atoms with E-state index in [0.29, 0.717) is 5.58 Å². The maximum atomic E-state index is 13.0. The second-order valence-electron chi connectivity index (χ2n) is 6.98. The van der Waals surface area contributed by atoms with E-state index in [1.54, 1.807) is 30.3 Å². The Kier molecular flexibility index (Phi) is 5.48. The number of ether oxygens (including phenoxy) is 1. The van der Waals surface area contributed by atoms with Crippen LogP contribution in [0.5, 0.6) is 5.75 Å². The maximum Gasteiger partial charge on any atom is 0.416 e. The van der Waals surface area contributed by atoms with E-state index in [2.05, 4.69) is 5.32 Å². The summed E-state index contributed by atoms with van der Waals surface area (Å²) in [6.45, 7) is 1.21. The molecule has 0 radical (unpaired) electrons.